The van der Waals surface area contributed by atoms with E-state index in [0.717, 1.165) is 0 Å². The summed E-state index contributed by atoms with van der Waals surface area (Å²) in [5.41, 5.74) is 10.1. The maximum absolute atomic E-state index is 3.26. The minimum Gasteiger partial charge on any atom is -1.00 e. The molecule has 0 aliphatic heterocycles. The van der Waals surface area contributed by atoms with Crippen molar-refractivity contribution < 1.29 is 50.7 Å². The molecular weight excluding hydrogens is 490 g/mol. The van der Waals surface area contributed by atoms with Gasteiger partial charge in [0.2, 0.25) is 0 Å². The first kappa shape index (κ1) is 25.0. The van der Waals surface area contributed by atoms with Gasteiger partial charge in [0.25, 0.3) is 0 Å². The third kappa shape index (κ3) is 5.37. The molecule has 0 N–H and O–H groups in total. The van der Waals surface area contributed by atoms with Crippen molar-refractivity contribution in [2.45, 2.75) is 47.5 Å². The van der Waals surface area contributed by atoms with Crippen molar-refractivity contribution in [3.63, 3.8) is 0 Å². The standard InChI is InChI=1S/C10H9.C10H15.2ClH.Hf/c1-8-6-7-9-4-2-3-5-10(8)9;1-6-7(2)9(4)10(5)8(6)3;;;/h2-5,7-8H,1H3;1-5H3;2*1H;/q2*-1;;;+4/p-2. The summed E-state index contributed by atoms with van der Waals surface area (Å²) < 4.78 is 0. The van der Waals surface area contributed by atoms with E-state index in [2.05, 4.69) is 78.0 Å². The predicted octanol–water partition coefficient (Wildman–Crippen LogP) is -0.427. The molecule has 1 atom stereocenters. The molecule has 0 fully saturated rings. The molecule has 2 aromatic carbocycles. The van der Waals surface area contributed by atoms with Crippen molar-refractivity contribution in [2.24, 2.45) is 0 Å². The molecule has 3 heteroatoms. The average molecular weight is 514 g/mol. The van der Waals surface area contributed by atoms with E-state index < -0.39 is 0 Å². The fourth-order valence-electron chi connectivity index (χ4n) is 2.75. The van der Waals surface area contributed by atoms with Crippen LogP contribution in [-0.2, 0) is 25.8 Å². The Hall–Kier alpha value is -0.240. The van der Waals surface area contributed by atoms with Gasteiger partial charge in [-0.15, -0.1) is 11.6 Å². The minimum atomic E-state index is 0. The van der Waals surface area contributed by atoms with Crippen LogP contribution in [0.25, 0.3) is 6.08 Å². The van der Waals surface area contributed by atoms with Crippen molar-refractivity contribution in [3.05, 3.63) is 69.3 Å². The molecular formula is C20H24Cl2Hf. The topological polar surface area (TPSA) is 0 Å². The third-order valence-corrected chi connectivity index (χ3v) is 4.76. The smallest absolute Gasteiger partial charge is 1.00 e. The maximum Gasteiger partial charge on any atom is 4.00 e. The zero-order chi connectivity index (χ0) is 14.9. The summed E-state index contributed by atoms with van der Waals surface area (Å²) in [6, 6.07) is 8.44. The normalized spacial score (nSPS) is 13.7. The zero-order valence-corrected chi connectivity index (χ0v) is 19.8. The van der Waals surface area contributed by atoms with Crippen LogP contribution < -0.4 is 24.8 Å². The van der Waals surface area contributed by atoms with E-state index in [9.17, 15) is 0 Å². The van der Waals surface area contributed by atoms with E-state index in [1.165, 1.54) is 38.9 Å². The van der Waals surface area contributed by atoms with Crippen LogP contribution in [0.5, 0.6) is 0 Å². The van der Waals surface area contributed by atoms with Gasteiger partial charge < -0.3 is 24.8 Å². The van der Waals surface area contributed by atoms with Crippen LogP contribution >= 0.6 is 0 Å². The summed E-state index contributed by atoms with van der Waals surface area (Å²) in [4.78, 5) is 0. The molecule has 1 aliphatic carbocycles. The molecule has 0 nitrogen and oxygen atoms in total. The maximum atomic E-state index is 3.26. The first-order chi connectivity index (χ1) is 9.43. The Labute approximate surface area is 172 Å². The Morgan fingerprint density at radius 3 is 1.78 bits per heavy atom. The van der Waals surface area contributed by atoms with E-state index in [1.807, 2.05) is 0 Å². The molecule has 0 spiro atoms. The van der Waals surface area contributed by atoms with E-state index in [4.69, 9.17) is 0 Å². The Morgan fingerprint density at radius 1 is 0.913 bits per heavy atom. The molecule has 2 aromatic rings. The molecule has 0 aromatic heterocycles. The first-order valence-electron chi connectivity index (χ1n) is 7.31. The Balaban J connectivity index is 0. The number of fused-ring (bicyclic) bond motifs is 1. The number of hydrogen-bond acceptors (Lipinski definition) is 0. The predicted molar refractivity (Wildman–Crippen MR) is 88.3 cm³/mol. The fourth-order valence-corrected chi connectivity index (χ4v) is 2.75. The summed E-state index contributed by atoms with van der Waals surface area (Å²) in [5.74, 6) is 0.496. The van der Waals surface area contributed by atoms with Gasteiger partial charge in [0.1, 0.15) is 0 Å². The summed E-state index contributed by atoms with van der Waals surface area (Å²) in [6.45, 7) is 13.2. The monoisotopic (exact) mass is 514 g/mol. The van der Waals surface area contributed by atoms with Crippen LogP contribution in [0.2, 0.25) is 0 Å². The molecule has 3 rings (SSSR count). The van der Waals surface area contributed by atoms with E-state index in [0.29, 0.717) is 5.92 Å². The average Bonchev–Trinajstić information content (AvgIpc) is 2.92. The number of rotatable bonds is 0. The van der Waals surface area contributed by atoms with Crippen molar-refractivity contribution in [1.82, 2.24) is 0 Å². The van der Waals surface area contributed by atoms with Gasteiger partial charge in [0.05, 0.1) is 0 Å². The third-order valence-electron chi connectivity index (χ3n) is 4.76. The van der Waals surface area contributed by atoms with Crippen LogP contribution in [0.1, 0.15) is 51.8 Å². The van der Waals surface area contributed by atoms with Gasteiger partial charge in [0, 0.05) is 0 Å². The van der Waals surface area contributed by atoms with Gasteiger partial charge in [-0.2, -0.15) is 33.4 Å². The largest absolute Gasteiger partial charge is 4.00 e. The van der Waals surface area contributed by atoms with E-state index >= 15 is 0 Å². The van der Waals surface area contributed by atoms with Crippen molar-refractivity contribution in [2.75, 3.05) is 0 Å². The Bertz CT molecular complexity index is 574. The Kier molecular flexibility index (Phi) is 11.5. The SMILES string of the molecule is CC1[C-]=Cc2ccccc21.Cc1c(C)c(C)[c-](C)c1C.[Cl-].[Cl-].[Hf+4]. The van der Waals surface area contributed by atoms with Gasteiger partial charge in [-0.1, -0.05) is 65.7 Å². The summed E-state index contributed by atoms with van der Waals surface area (Å²) in [5, 5.41) is 0. The molecule has 0 saturated carbocycles. The van der Waals surface area contributed by atoms with Gasteiger partial charge in [-0.3, -0.25) is 6.08 Å². The molecule has 0 heterocycles. The summed E-state index contributed by atoms with van der Waals surface area (Å²) in [7, 11) is 0. The number of halogens is 2. The van der Waals surface area contributed by atoms with Crippen molar-refractivity contribution in [1.29, 1.82) is 0 Å². The van der Waals surface area contributed by atoms with Crippen LogP contribution in [-0.4, -0.2) is 0 Å². The van der Waals surface area contributed by atoms with Gasteiger partial charge >= 0.3 is 25.8 Å². The number of hydrogen-bond donors (Lipinski definition) is 0. The molecule has 0 bridgehead atoms. The van der Waals surface area contributed by atoms with Crippen LogP contribution in [0.15, 0.2) is 24.3 Å². The molecule has 0 radical (unpaired) electrons. The first-order valence-corrected chi connectivity index (χ1v) is 7.31. The van der Waals surface area contributed by atoms with Crippen molar-refractivity contribution >= 4 is 6.08 Å². The molecule has 1 unspecified atom stereocenters. The second kappa shape index (κ2) is 10.6. The second-order valence-corrected chi connectivity index (χ2v) is 5.79. The zero-order valence-electron chi connectivity index (χ0n) is 14.7. The van der Waals surface area contributed by atoms with E-state index in [-0.39, 0.29) is 50.7 Å². The molecule has 0 saturated heterocycles. The quantitative estimate of drug-likeness (QED) is 0.332. The molecule has 0 amide bonds. The Morgan fingerprint density at radius 2 is 1.39 bits per heavy atom. The fraction of sp³-hybridized carbons (Fsp3) is 0.350. The number of benzene rings is 1. The summed E-state index contributed by atoms with van der Waals surface area (Å²) >= 11 is 0. The van der Waals surface area contributed by atoms with Crippen LogP contribution in [0.4, 0.5) is 0 Å². The summed E-state index contributed by atoms with van der Waals surface area (Å²) in [6.07, 6.45) is 5.33. The van der Waals surface area contributed by atoms with Gasteiger partial charge in [-0.05, 0) is 0 Å². The molecule has 23 heavy (non-hydrogen) atoms. The van der Waals surface area contributed by atoms with E-state index in [1.54, 1.807) is 0 Å². The van der Waals surface area contributed by atoms with Gasteiger partial charge in [0.15, 0.2) is 0 Å². The number of allylic oxidation sites excluding steroid dienone is 1. The van der Waals surface area contributed by atoms with Gasteiger partial charge in [-0.25, -0.2) is 6.08 Å². The minimum absolute atomic E-state index is 0. The van der Waals surface area contributed by atoms with Crippen LogP contribution in [0, 0.1) is 40.7 Å². The molecule has 1 aliphatic rings. The van der Waals surface area contributed by atoms with Crippen molar-refractivity contribution in [3.8, 4) is 0 Å². The molecule has 122 valence electrons. The van der Waals surface area contributed by atoms with Crippen LogP contribution in [0.3, 0.4) is 0 Å². The second-order valence-electron chi connectivity index (χ2n) is 5.79.